The number of carbonyl (C=O) groups is 2. The Kier molecular flexibility index (Phi) is 7.79. The van der Waals surface area contributed by atoms with Gasteiger partial charge in [-0.3, -0.25) is 19.8 Å². The molecule has 3 saturated heterocycles. The lowest BCUT2D eigenvalue weighted by Crippen LogP contribution is -2.53. The lowest BCUT2D eigenvalue weighted by Gasteiger charge is -2.40. The number of hydrogen-bond donors (Lipinski definition) is 1. The zero-order valence-corrected chi connectivity index (χ0v) is 24.9. The highest BCUT2D eigenvalue weighted by molar-refractivity contribution is 8.01. The van der Waals surface area contributed by atoms with Gasteiger partial charge in [-0.15, -0.1) is 11.8 Å². The van der Waals surface area contributed by atoms with Crippen LogP contribution < -0.4 is 5.32 Å². The van der Waals surface area contributed by atoms with Gasteiger partial charge in [-0.05, 0) is 61.1 Å². The number of nitrogens with zero attached hydrogens (tertiary/aromatic N) is 3. The fourth-order valence-corrected chi connectivity index (χ4v) is 8.60. The van der Waals surface area contributed by atoms with Gasteiger partial charge in [-0.25, -0.2) is 0 Å². The van der Waals surface area contributed by atoms with Gasteiger partial charge in [0, 0.05) is 36.7 Å². The molecule has 0 aliphatic carbocycles. The Bertz CT molecular complexity index is 1190. The second-order valence-electron chi connectivity index (χ2n) is 11.3. The highest BCUT2D eigenvalue weighted by Gasteiger charge is 2.61. The van der Waals surface area contributed by atoms with Crippen molar-refractivity contribution in [2.24, 2.45) is 5.92 Å². The van der Waals surface area contributed by atoms with E-state index in [-0.39, 0.29) is 46.6 Å². The van der Waals surface area contributed by atoms with Gasteiger partial charge in [-0.2, -0.15) is 0 Å². The van der Waals surface area contributed by atoms with Crippen LogP contribution >= 0.6 is 35.0 Å². The van der Waals surface area contributed by atoms with Gasteiger partial charge in [0.05, 0.1) is 11.6 Å². The average molecular weight is 576 g/mol. The minimum absolute atomic E-state index is 0.00734. The van der Waals surface area contributed by atoms with E-state index in [1.165, 1.54) is 0 Å². The van der Waals surface area contributed by atoms with Gasteiger partial charge in [0.1, 0.15) is 16.8 Å². The Balaban J connectivity index is 1.53. The van der Waals surface area contributed by atoms with Crippen molar-refractivity contribution >= 4 is 46.8 Å². The minimum atomic E-state index is -0.422. The summed E-state index contributed by atoms with van der Waals surface area (Å²) in [7, 11) is 3.53. The lowest BCUT2D eigenvalue weighted by atomic mass is 9.80. The highest BCUT2D eigenvalue weighted by Crippen LogP contribution is 2.55. The van der Waals surface area contributed by atoms with Crippen molar-refractivity contribution < 1.29 is 9.59 Å². The van der Waals surface area contributed by atoms with E-state index in [2.05, 4.69) is 55.3 Å². The van der Waals surface area contributed by atoms with E-state index in [9.17, 15) is 9.59 Å². The van der Waals surface area contributed by atoms with Crippen molar-refractivity contribution in [1.29, 1.82) is 0 Å². The molecule has 1 N–H and O–H groups in total. The van der Waals surface area contributed by atoms with Crippen LogP contribution in [0.15, 0.2) is 48.5 Å². The van der Waals surface area contributed by atoms with Gasteiger partial charge >= 0.3 is 0 Å². The maximum Gasteiger partial charge on any atom is 0.244 e. The molecule has 6 nitrogen and oxygen atoms in total. The Morgan fingerprint density at radius 2 is 1.66 bits per heavy atom. The third-order valence-electron chi connectivity index (χ3n) is 8.29. The molecule has 2 aromatic rings. The standard InChI is InChI=1S/C29H36Cl2N4O2S/c1-17(2)23-24(27(37)34-16-6-7-22(34)26(36)33(4)5)38-28-32-29(3,19-10-14-21(31)15-11-19)25(35(23)28)18-8-12-20(30)13-9-18/h8-15,17,22-25,28,32H,6-7,16H2,1-5H3/t22-,23-,24+,25+,28?,29-/m0/s1. The molecule has 3 aliphatic heterocycles. The smallest absolute Gasteiger partial charge is 0.244 e. The summed E-state index contributed by atoms with van der Waals surface area (Å²) in [5.74, 6) is 0.301. The molecular formula is C29H36Cl2N4O2S. The number of carbonyl (C=O) groups excluding carboxylic acids is 2. The number of fused-ring (bicyclic) bond motifs is 1. The molecule has 0 saturated carbocycles. The normalized spacial score (nSPS) is 31.2. The summed E-state index contributed by atoms with van der Waals surface area (Å²) in [6.07, 6.45) is 1.58. The van der Waals surface area contributed by atoms with E-state index < -0.39 is 5.54 Å². The zero-order chi connectivity index (χ0) is 27.4. The van der Waals surface area contributed by atoms with Crippen LogP contribution in [0.1, 0.15) is 50.8 Å². The van der Waals surface area contributed by atoms with Crippen molar-refractivity contribution in [2.75, 3.05) is 20.6 Å². The fourth-order valence-electron chi connectivity index (χ4n) is 6.49. The largest absolute Gasteiger partial charge is 0.347 e. The van der Waals surface area contributed by atoms with Gasteiger partial charge in [0.25, 0.3) is 0 Å². The van der Waals surface area contributed by atoms with Gasteiger partial charge in [-0.1, -0.05) is 61.3 Å². The van der Waals surface area contributed by atoms with Crippen LogP contribution in [0.5, 0.6) is 0 Å². The molecule has 2 aromatic carbocycles. The molecule has 0 radical (unpaired) electrons. The molecule has 3 heterocycles. The molecule has 38 heavy (non-hydrogen) atoms. The highest BCUT2D eigenvalue weighted by atomic mass is 35.5. The molecule has 0 spiro atoms. The minimum Gasteiger partial charge on any atom is -0.347 e. The molecule has 0 aromatic heterocycles. The summed E-state index contributed by atoms with van der Waals surface area (Å²) in [5.41, 5.74) is 1.79. The predicted octanol–water partition coefficient (Wildman–Crippen LogP) is 5.36. The van der Waals surface area contributed by atoms with Crippen LogP contribution in [-0.2, 0) is 15.1 Å². The zero-order valence-electron chi connectivity index (χ0n) is 22.5. The first kappa shape index (κ1) is 27.8. The lowest BCUT2D eigenvalue weighted by molar-refractivity contribution is -0.142. The summed E-state index contributed by atoms with van der Waals surface area (Å²) in [6, 6.07) is 15.7. The van der Waals surface area contributed by atoms with E-state index in [1.807, 2.05) is 29.2 Å². The summed E-state index contributed by atoms with van der Waals surface area (Å²) < 4.78 is 0. The van der Waals surface area contributed by atoms with Crippen molar-refractivity contribution in [3.8, 4) is 0 Å². The van der Waals surface area contributed by atoms with E-state index in [0.29, 0.717) is 16.6 Å². The number of halogens is 2. The van der Waals surface area contributed by atoms with Crippen molar-refractivity contribution in [3.05, 3.63) is 69.7 Å². The van der Waals surface area contributed by atoms with Crippen molar-refractivity contribution in [1.82, 2.24) is 20.0 Å². The maximum atomic E-state index is 14.1. The third kappa shape index (κ3) is 4.75. The molecule has 204 valence electrons. The van der Waals surface area contributed by atoms with E-state index in [1.54, 1.807) is 30.8 Å². The van der Waals surface area contributed by atoms with E-state index in [4.69, 9.17) is 23.2 Å². The quantitative estimate of drug-likeness (QED) is 0.521. The Morgan fingerprint density at radius 1 is 1.05 bits per heavy atom. The molecule has 2 amide bonds. The molecule has 3 fully saturated rings. The van der Waals surface area contributed by atoms with E-state index in [0.717, 1.165) is 24.0 Å². The van der Waals surface area contributed by atoms with Crippen LogP contribution in [0.2, 0.25) is 10.0 Å². The second-order valence-corrected chi connectivity index (χ2v) is 13.4. The number of likely N-dealkylation sites (tertiary alicyclic amines) is 1. The van der Waals surface area contributed by atoms with Crippen LogP contribution in [-0.4, -0.2) is 70.0 Å². The Labute approximate surface area is 240 Å². The monoisotopic (exact) mass is 574 g/mol. The van der Waals surface area contributed by atoms with Crippen LogP contribution in [0.3, 0.4) is 0 Å². The molecule has 0 bridgehead atoms. The topological polar surface area (TPSA) is 55.9 Å². The molecule has 9 heteroatoms. The van der Waals surface area contributed by atoms with Crippen LogP contribution in [0, 0.1) is 5.92 Å². The number of benzene rings is 2. The summed E-state index contributed by atoms with van der Waals surface area (Å²) in [4.78, 5) is 33.0. The van der Waals surface area contributed by atoms with Crippen molar-refractivity contribution in [2.45, 2.75) is 68.0 Å². The van der Waals surface area contributed by atoms with Crippen molar-refractivity contribution in [3.63, 3.8) is 0 Å². The second kappa shape index (κ2) is 10.7. The summed E-state index contributed by atoms with van der Waals surface area (Å²) in [5, 5.41) is 5.03. The third-order valence-corrected chi connectivity index (χ3v) is 10.2. The average Bonchev–Trinajstić information content (AvgIpc) is 3.57. The van der Waals surface area contributed by atoms with Crippen LogP contribution in [0.25, 0.3) is 0 Å². The van der Waals surface area contributed by atoms with Gasteiger partial charge in [0.15, 0.2) is 0 Å². The number of thioether (sulfide) groups is 1. The number of likely N-dealkylation sites (N-methyl/N-ethyl adjacent to an activating group) is 1. The Morgan fingerprint density at radius 3 is 2.24 bits per heavy atom. The molecule has 6 atom stereocenters. The fraction of sp³-hybridized carbons (Fsp3) is 0.517. The van der Waals surface area contributed by atoms with Gasteiger partial charge in [0.2, 0.25) is 11.8 Å². The summed E-state index contributed by atoms with van der Waals surface area (Å²) in [6.45, 7) is 7.25. The van der Waals surface area contributed by atoms with E-state index >= 15 is 0 Å². The Hall–Kier alpha value is -1.77. The predicted molar refractivity (Wildman–Crippen MR) is 155 cm³/mol. The first-order valence-corrected chi connectivity index (χ1v) is 15.0. The molecular weight excluding hydrogens is 539 g/mol. The maximum absolute atomic E-state index is 14.1. The van der Waals surface area contributed by atoms with Gasteiger partial charge < -0.3 is 9.80 Å². The number of hydrogen-bond acceptors (Lipinski definition) is 5. The molecule has 3 aliphatic rings. The van der Waals surface area contributed by atoms with Crippen LogP contribution in [0.4, 0.5) is 0 Å². The molecule has 1 unspecified atom stereocenters. The first-order chi connectivity index (χ1) is 18.0. The number of nitrogens with one attached hydrogen (secondary N) is 1. The number of rotatable bonds is 5. The first-order valence-electron chi connectivity index (χ1n) is 13.3. The summed E-state index contributed by atoms with van der Waals surface area (Å²) >= 11 is 14.2. The number of amides is 2. The SMILES string of the molecule is CC(C)[C@H]1[C@H](C(=O)N2CCC[C@H]2C(=O)N(C)C)SC2N[C@@](C)(c3ccc(Cl)cc3)[C@@H](c3ccc(Cl)cc3)N21. The molecule has 5 rings (SSSR count).